The topological polar surface area (TPSA) is 54.5 Å². The number of rotatable bonds is 3. The Hall–Kier alpha value is -2.14. The predicted molar refractivity (Wildman–Crippen MR) is 101 cm³/mol. The summed E-state index contributed by atoms with van der Waals surface area (Å²) in [6, 6.07) is 16.3. The van der Waals surface area contributed by atoms with Crippen molar-refractivity contribution < 1.29 is 13.2 Å². The fourth-order valence-electron chi connectivity index (χ4n) is 4.36. The van der Waals surface area contributed by atoms with E-state index in [1.54, 1.807) is 24.3 Å². The number of piperidine rings is 1. The van der Waals surface area contributed by atoms with E-state index in [9.17, 15) is 13.2 Å². The largest absolute Gasteiger partial charge is 0.333 e. The van der Waals surface area contributed by atoms with E-state index < -0.39 is 15.1 Å². The Labute approximate surface area is 154 Å². The van der Waals surface area contributed by atoms with E-state index in [0.29, 0.717) is 23.3 Å². The second-order valence-electron chi connectivity index (χ2n) is 7.41. The van der Waals surface area contributed by atoms with Crippen LogP contribution in [-0.2, 0) is 9.84 Å². The molecule has 2 aliphatic rings. The quantitative estimate of drug-likeness (QED) is 0.831. The van der Waals surface area contributed by atoms with Crippen LogP contribution in [0.2, 0.25) is 0 Å². The Morgan fingerprint density at radius 3 is 2.08 bits per heavy atom. The first-order chi connectivity index (χ1) is 12.5. The van der Waals surface area contributed by atoms with Crippen LogP contribution in [0.25, 0.3) is 0 Å². The third-order valence-electron chi connectivity index (χ3n) is 5.73. The lowest BCUT2D eigenvalue weighted by Crippen LogP contribution is -2.49. The number of carbonyl (C=O) groups excluding carboxylic acids is 1. The lowest BCUT2D eigenvalue weighted by atomic mass is 10.0. The molecule has 2 aromatic carbocycles. The summed E-state index contributed by atoms with van der Waals surface area (Å²) in [5.41, 5.74) is 1.81. The van der Waals surface area contributed by atoms with E-state index in [4.69, 9.17) is 0 Å². The molecule has 2 aromatic rings. The first-order valence-corrected chi connectivity index (χ1v) is 10.7. The Kier molecular flexibility index (Phi) is 4.35. The Morgan fingerprint density at radius 1 is 0.923 bits per heavy atom. The highest BCUT2D eigenvalue weighted by atomic mass is 32.2. The van der Waals surface area contributed by atoms with Crippen LogP contribution in [0.5, 0.6) is 0 Å². The van der Waals surface area contributed by atoms with Gasteiger partial charge in [0.15, 0.2) is 9.84 Å². The molecule has 4 rings (SSSR count). The lowest BCUT2D eigenvalue weighted by molar-refractivity contribution is 0.0598. The molecule has 2 unspecified atom stereocenters. The number of carbonyl (C=O) groups is 1. The molecule has 136 valence electrons. The number of hydrogen-bond donors (Lipinski definition) is 0. The van der Waals surface area contributed by atoms with Crippen LogP contribution >= 0.6 is 0 Å². The maximum Gasteiger partial charge on any atom is 0.254 e. The fraction of sp³-hybridized carbons (Fsp3) is 0.381. The number of hydrogen-bond acceptors (Lipinski definition) is 3. The van der Waals surface area contributed by atoms with Crippen molar-refractivity contribution in [3.05, 3.63) is 65.7 Å². The molecule has 26 heavy (non-hydrogen) atoms. The van der Waals surface area contributed by atoms with Gasteiger partial charge in [0.05, 0.1) is 10.1 Å². The zero-order chi connectivity index (χ0) is 18.3. The molecule has 5 heteroatoms. The SMILES string of the molecule is Cc1ccc(C(=O)N2C3CCC2CC(S(=O)(=O)c2ccccc2)C3)cc1. The third kappa shape index (κ3) is 2.94. The highest BCUT2D eigenvalue weighted by molar-refractivity contribution is 7.92. The molecule has 2 aliphatic heterocycles. The molecule has 1 amide bonds. The van der Waals surface area contributed by atoms with Gasteiger partial charge >= 0.3 is 0 Å². The van der Waals surface area contributed by atoms with Crippen molar-refractivity contribution in [2.75, 3.05) is 0 Å². The molecule has 2 bridgehead atoms. The average Bonchev–Trinajstić information content (AvgIpc) is 2.91. The molecule has 2 heterocycles. The second kappa shape index (κ2) is 6.54. The van der Waals surface area contributed by atoms with Gasteiger partial charge in [0.1, 0.15) is 0 Å². The Morgan fingerprint density at radius 2 is 1.50 bits per heavy atom. The third-order valence-corrected chi connectivity index (χ3v) is 7.93. The van der Waals surface area contributed by atoms with E-state index >= 15 is 0 Å². The summed E-state index contributed by atoms with van der Waals surface area (Å²) in [6.45, 7) is 2.00. The van der Waals surface area contributed by atoms with Gasteiger partial charge in [-0.05, 0) is 56.9 Å². The van der Waals surface area contributed by atoms with Crippen molar-refractivity contribution >= 4 is 15.7 Å². The minimum Gasteiger partial charge on any atom is -0.333 e. The van der Waals surface area contributed by atoms with Gasteiger partial charge in [-0.1, -0.05) is 35.9 Å². The standard InChI is InChI=1S/C21H23NO3S/c1-15-7-9-16(10-8-15)21(23)22-17-11-12-18(22)14-20(13-17)26(24,25)19-5-3-2-4-6-19/h2-10,17-18,20H,11-14H2,1H3. The van der Waals surface area contributed by atoms with E-state index in [0.717, 1.165) is 18.4 Å². The summed E-state index contributed by atoms with van der Waals surface area (Å²) in [6.07, 6.45) is 2.85. The molecule has 0 radical (unpaired) electrons. The van der Waals surface area contributed by atoms with Gasteiger partial charge < -0.3 is 4.90 Å². The summed E-state index contributed by atoms with van der Waals surface area (Å²) in [7, 11) is -3.35. The van der Waals surface area contributed by atoms with Crippen molar-refractivity contribution in [2.24, 2.45) is 0 Å². The highest BCUT2D eigenvalue weighted by Crippen LogP contribution is 2.40. The molecular formula is C21H23NO3S. The van der Waals surface area contributed by atoms with E-state index in [1.807, 2.05) is 42.2 Å². The van der Waals surface area contributed by atoms with Gasteiger partial charge in [0.25, 0.3) is 5.91 Å². The predicted octanol–water partition coefficient (Wildman–Crippen LogP) is 3.60. The molecule has 0 N–H and O–H groups in total. The number of nitrogens with zero attached hydrogens (tertiary/aromatic N) is 1. The minimum atomic E-state index is -3.35. The zero-order valence-electron chi connectivity index (χ0n) is 14.8. The van der Waals surface area contributed by atoms with Crippen LogP contribution in [0, 0.1) is 6.92 Å². The van der Waals surface area contributed by atoms with E-state index in [-0.39, 0.29) is 18.0 Å². The van der Waals surface area contributed by atoms with Crippen LogP contribution in [0.15, 0.2) is 59.5 Å². The average molecular weight is 369 g/mol. The smallest absolute Gasteiger partial charge is 0.254 e. The van der Waals surface area contributed by atoms with Crippen molar-refractivity contribution in [3.8, 4) is 0 Å². The summed E-state index contributed by atoms with van der Waals surface area (Å²) in [5.74, 6) is 0.0352. The summed E-state index contributed by atoms with van der Waals surface area (Å²) >= 11 is 0. The molecule has 0 saturated carbocycles. The van der Waals surface area contributed by atoms with Crippen molar-refractivity contribution in [1.29, 1.82) is 0 Å². The number of aryl methyl sites for hydroxylation is 1. The summed E-state index contributed by atoms with van der Waals surface area (Å²) < 4.78 is 26.0. The maximum absolute atomic E-state index is 13.0. The molecule has 0 aromatic heterocycles. The van der Waals surface area contributed by atoms with Gasteiger partial charge in [-0.15, -0.1) is 0 Å². The van der Waals surface area contributed by atoms with E-state index in [1.165, 1.54) is 0 Å². The Balaban J connectivity index is 1.56. The molecule has 0 spiro atoms. The van der Waals surface area contributed by atoms with Crippen LogP contribution < -0.4 is 0 Å². The minimum absolute atomic E-state index is 0.0195. The monoisotopic (exact) mass is 369 g/mol. The van der Waals surface area contributed by atoms with Gasteiger partial charge in [0, 0.05) is 17.6 Å². The van der Waals surface area contributed by atoms with Gasteiger partial charge in [-0.25, -0.2) is 8.42 Å². The first-order valence-electron chi connectivity index (χ1n) is 9.15. The molecule has 0 aliphatic carbocycles. The lowest BCUT2D eigenvalue weighted by Gasteiger charge is -2.38. The van der Waals surface area contributed by atoms with Crippen LogP contribution in [-0.4, -0.2) is 36.6 Å². The molecule has 2 saturated heterocycles. The van der Waals surface area contributed by atoms with E-state index in [2.05, 4.69) is 0 Å². The van der Waals surface area contributed by atoms with Gasteiger partial charge in [-0.3, -0.25) is 4.79 Å². The molecule has 4 nitrogen and oxygen atoms in total. The highest BCUT2D eigenvalue weighted by Gasteiger charge is 2.47. The number of amides is 1. The molecule has 2 fully saturated rings. The van der Waals surface area contributed by atoms with Crippen molar-refractivity contribution in [3.63, 3.8) is 0 Å². The van der Waals surface area contributed by atoms with Gasteiger partial charge in [0.2, 0.25) is 0 Å². The first kappa shape index (κ1) is 17.3. The van der Waals surface area contributed by atoms with Gasteiger partial charge in [-0.2, -0.15) is 0 Å². The Bertz CT molecular complexity index is 892. The van der Waals surface area contributed by atoms with Crippen molar-refractivity contribution in [2.45, 2.75) is 54.8 Å². The zero-order valence-corrected chi connectivity index (χ0v) is 15.7. The summed E-state index contributed by atoms with van der Waals surface area (Å²) in [5, 5.41) is -0.399. The summed E-state index contributed by atoms with van der Waals surface area (Å²) in [4.78, 5) is 15.3. The number of sulfone groups is 1. The number of benzene rings is 2. The maximum atomic E-state index is 13.0. The normalized spacial score (nSPS) is 25.3. The van der Waals surface area contributed by atoms with Crippen molar-refractivity contribution in [1.82, 2.24) is 4.90 Å². The van der Waals surface area contributed by atoms with Crippen LogP contribution in [0.3, 0.4) is 0 Å². The van der Waals surface area contributed by atoms with Crippen LogP contribution in [0.4, 0.5) is 0 Å². The van der Waals surface area contributed by atoms with Crippen LogP contribution in [0.1, 0.15) is 41.6 Å². The second-order valence-corrected chi connectivity index (χ2v) is 9.64. The molecular weight excluding hydrogens is 346 g/mol. The number of fused-ring (bicyclic) bond motifs is 2. The molecule has 2 atom stereocenters. The fourth-order valence-corrected chi connectivity index (χ4v) is 6.23.